The van der Waals surface area contributed by atoms with Crippen LogP contribution in [0, 0.1) is 0 Å². The van der Waals surface area contributed by atoms with Crippen LogP contribution in [0.25, 0.3) is 11.1 Å². The first kappa shape index (κ1) is 10.6. The van der Waals surface area contributed by atoms with Gasteiger partial charge in [0.25, 0.3) is 0 Å². The number of benzene rings is 1. The molecular formula is C12H8ClNO2. The Balaban J connectivity index is 2.48. The molecule has 0 spiro atoms. The molecule has 0 aliphatic heterocycles. The zero-order valence-electron chi connectivity index (χ0n) is 8.22. The summed E-state index contributed by atoms with van der Waals surface area (Å²) in [5.74, 6) is -0.986. The molecule has 0 bridgehead atoms. The normalized spacial score (nSPS) is 10.1. The average Bonchev–Trinajstić information content (AvgIpc) is 2.30. The second kappa shape index (κ2) is 4.33. The zero-order chi connectivity index (χ0) is 11.5. The third-order valence-corrected chi connectivity index (χ3v) is 2.50. The lowest BCUT2D eigenvalue weighted by Gasteiger charge is -2.04. The largest absolute Gasteiger partial charge is 0.478 e. The van der Waals surface area contributed by atoms with Crippen molar-refractivity contribution in [2.75, 3.05) is 0 Å². The van der Waals surface area contributed by atoms with Crippen LogP contribution in [0.4, 0.5) is 0 Å². The summed E-state index contributed by atoms with van der Waals surface area (Å²) < 4.78 is 0. The Morgan fingerprint density at radius 2 is 2.12 bits per heavy atom. The Morgan fingerprint density at radius 3 is 2.69 bits per heavy atom. The van der Waals surface area contributed by atoms with Gasteiger partial charge in [0.05, 0.1) is 5.56 Å². The molecule has 0 saturated heterocycles. The molecule has 0 radical (unpaired) electrons. The van der Waals surface area contributed by atoms with Gasteiger partial charge in [0.1, 0.15) is 0 Å². The second-order valence-corrected chi connectivity index (χ2v) is 3.65. The van der Waals surface area contributed by atoms with Crippen LogP contribution in [0.15, 0.2) is 42.7 Å². The number of carboxylic acid groups (broad SMARTS) is 1. The lowest BCUT2D eigenvalue weighted by molar-refractivity contribution is 0.0697. The summed E-state index contributed by atoms with van der Waals surface area (Å²) in [4.78, 5) is 14.7. The lowest BCUT2D eigenvalue weighted by atomic mass is 10.1. The zero-order valence-corrected chi connectivity index (χ0v) is 8.98. The summed E-state index contributed by atoms with van der Waals surface area (Å²) in [6.07, 6.45) is 3.35. The highest BCUT2D eigenvalue weighted by Crippen LogP contribution is 2.27. The van der Waals surface area contributed by atoms with E-state index in [2.05, 4.69) is 4.98 Å². The Labute approximate surface area is 97.3 Å². The van der Waals surface area contributed by atoms with Crippen molar-refractivity contribution in [2.24, 2.45) is 0 Å². The Kier molecular flexibility index (Phi) is 2.88. The molecule has 3 nitrogen and oxygen atoms in total. The van der Waals surface area contributed by atoms with Crippen LogP contribution in [-0.4, -0.2) is 16.1 Å². The number of halogens is 1. The van der Waals surface area contributed by atoms with E-state index in [1.54, 1.807) is 24.5 Å². The first-order chi connectivity index (χ1) is 7.68. The van der Waals surface area contributed by atoms with Gasteiger partial charge in [-0.05, 0) is 18.2 Å². The maximum atomic E-state index is 10.7. The van der Waals surface area contributed by atoms with Crippen LogP contribution in [0.2, 0.25) is 5.02 Å². The highest BCUT2D eigenvalue weighted by molar-refractivity contribution is 6.33. The number of carboxylic acids is 1. The maximum absolute atomic E-state index is 10.7. The first-order valence-electron chi connectivity index (χ1n) is 4.62. The molecule has 0 amide bonds. The molecule has 0 atom stereocenters. The van der Waals surface area contributed by atoms with E-state index in [0.29, 0.717) is 5.02 Å². The number of carbonyl (C=O) groups is 1. The monoisotopic (exact) mass is 233 g/mol. The minimum Gasteiger partial charge on any atom is -0.478 e. The number of hydrogen-bond donors (Lipinski definition) is 1. The first-order valence-corrected chi connectivity index (χ1v) is 4.99. The maximum Gasteiger partial charge on any atom is 0.335 e. The predicted molar refractivity (Wildman–Crippen MR) is 61.6 cm³/mol. The molecule has 2 aromatic rings. The molecule has 0 fully saturated rings. The van der Waals surface area contributed by atoms with Crippen molar-refractivity contribution in [3.8, 4) is 11.1 Å². The van der Waals surface area contributed by atoms with Gasteiger partial charge in [-0.1, -0.05) is 23.7 Å². The molecule has 0 aliphatic rings. The highest BCUT2D eigenvalue weighted by atomic mass is 35.5. The van der Waals surface area contributed by atoms with Crippen molar-refractivity contribution in [1.29, 1.82) is 0 Å². The fourth-order valence-corrected chi connectivity index (χ4v) is 1.69. The standard InChI is InChI=1S/C12H8ClNO2/c13-11-6-8(12(15)16)3-4-10(11)9-2-1-5-14-7-9/h1-7H,(H,15,16). The SMILES string of the molecule is O=C(O)c1ccc(-c2cccnc2)c(Cl)c1. The van der Waals surface area contributed by atoms with Gasteiger partial charge in [0.2, 0.25) is 0 Å². The summed E-state index contributed by atoms with van der Waals surface area (Å²) in [6, 6.07) is 8.32. The Bertz CT molecular complexity index is 526. The minimum atomic E-state index is -0.986. The van der Waals surface area contributed by atoms with Gasteiger partial charge in [0.15, 0.2) is 0 Å². The van der Waals surface area contributed by atoms with E-state index in [1.165, 1.54) is 12.1 Å². The number of aromatic carboxylic acids is 1. The molecule has 0 saturated carbocycles. The van der Waals surface area contributed by atoms with Crippen molar-refractivity contribution < 1.29 is 9.90 Å². The number of aromatic nitrogens is 1. The Hall–Kier alpha value is -1.87. The summed E-state index contributed by atoms with van der Waals surface area (Å²) in [6.45, 7) is 0. The summed E-state index contributed by atoms with van der Waals surface area (Å²) in [5, 5.41) is 9.21. The van der Waals surface area contributed by atoms with E-state index in [-0.39, 0.29) is 5.56 Å². The van der Waals surface area contributed by atoms with Crippen molar-refractivity contribution in [3.63, 3.8) is 0 Å². The Morgan fingerprint density at radius 1 is 1.31 bits per heavy atom. The number of hydrogen-bond acceptors (Lipinski definition) is 2. The van der Waals surface area contributed by atoms with Crippen molar-refractivity contribution >= 4 is 17.6 Å². The van der Waals surface area contributed by atoms with Crippen molar-refractivity contribution in [2.45, 2.75) is 0 Å². The van der Waals surface area contributed by atoms with Crippen LogP contribution in [0.1, 0.15) is 10.4 Å². The van der Waals surface area contributed by atoms with Crippen LogP contribution >= 0.6 is 11.6 Å². The topological polar surface area (TPSA) is 50.2 Å². The molecule has 0 unspecified atom stereocenters. The van der Waals surface area contributed by atoms with Gasteiger partial charge < -0.3 is 5.11 Å². The van der Waals surface area contributed by atoms with Gasteiger partial charge in [-0.2, -0.15) is 0 Å². The average molecular weight is 234 g/mol. The molecule has 1 aromatic heterocycles. The molecule has 16 heavy (non-hydrogen) atoms. The summed E-state index contributed by atoms with van der Waals surface area (Å²) in [5.41, 5.74) is 1.82. The molecule has 1 aromatic carbocycles. The van der Waals surface area contributed by atoms with E-state index >= 15 is 0 Å². The third-order valence-electron chi connectivity index (χ3n) is 2.19. The van der Waals surface area contributed by atoms with Crippen LogP contribution in [0.3, 0.4) is 0 Å². The molecule has 2 rings (SSSR count). The number of rotatable bonds is 2. The summed E-state index contributed by atoms with van der Waals surface area (Å²) >= 11 is 6.02. The van der Waals surface area contributed by atoms with E-state index in [9.17, 15) is 4.79 Å². The van der Waals surface area contributed by atoms with E-state index in [4.69, 9.17) is 16.7 Å². The minimum absolute atomic E-state index is 0.178. The van der Waals surface area contributed by atoms with Crippen LogP contribution < -0.4 is 0 Å². The van der Waals surface area contributed by atoms with Crippen molar-refractivity contribution in [3.05, 3.63) is 53.3 Å². The predicted octanol–water partition coefficient (Wildman–Crippen LogP) is 3.10. The van der Waals surface area contributed by atoms with Crippen LogP contribution in [0.5, 0.6) is 0 Å². The molecule has 1 N–H and O–H groups in total. The van der Waals surface area contributed by atoms with E-state index in [0.717, 1.165) is 11.1 Å². The van der Waals surface area contributed by atoms with Crippen molar-refractivity contribution in [1.82, 2.24) is 4.98 Å². The molecule has 4 heteroatoms. The smallest absolute Gasteiger partial charge is 0.335 e. The highest BCUT2D eigenvalue weighted by Gasteiger charge is 2.08. The molecule has 1 heterocycles. The molecule has 0 aliphatic carbocycles. The second-order valence-electron chi connectivity index (χ2n) is 3.24. The fourth-order valence-electron chi connectivity index (χ4n) is 1.40. The van der Waals surface area contributed by atoms with E-state index in [1.807, 2.05) is 6.07 Å². The van der Waals surface area contributed by atoms with Gasteiger partial charge >= 0.3 is 5.97 Å². The lowest BCUT2D eigenvalue weighted by Crippen LogP contribution is -1.95. The third kappa shape index (κ3) is 2.04. The van der Waals surface area contributed by atoms with Crippen LogP contribution in [-0.2, 0) is 0 Å². The fraction of sp³-hybridized carbons (Fsp3) is 0. The summed E-state index contributed by atoms with van der Waals surface area (Å²) in [7, 11) is 0. The van der Waals surface area contributed by atoms with Gasteiger partial charge in [-0.3, -0.25) is 4.98 Å². The molecular weight excluding hydrogens is 226 g/mol. The van der Waals surface area contributed by atoms with Gasteiger partial charge in [-0.15, -0.1) is 0 Å². The van der Waals surface area contributed by atoms with E-state index < -0.39 is 5.97 Å². The quantitative estimate of drug-likeness (QED) is 0.867. The molecule has 80 valence electrons. The van der Waals surface area contributed by atoms with Gasteiger partial charge in [-0.25, -0.2) is 4.79 Å². The number of nitrogens with zero attached hydrogens (tertiary/aromatic N) is 1. The number of pyridine rings is 1. The van der Waals surface area contributed by atoms with Gasteiger partial charge in [0, 0.05) is 28.5 Å².